The summed E-state index contributed by atoms with van der Waals surface area (Å²) in [6.45, 7) is 12.5. The van der Waals surface area contributed by atoms with E-state index in [2.05, 4.69) is 25.8 Å². The largest absolute Gasteiger partial charge is 1.00 e. The van der Waals surface area contributed by atoms with Crippen molar-refractivity contribution in [1.82, 2.24) is 4.90 Å². The molecule has 12 heavy (non-hydrogen) atoms. The smallest absolute Gasteiger partial charge is 0.0916 e. The molecule has 0 aliphatic carbocycles. The van der Waals surface area contributed by atoms with Crippen LogP contribution in [0.15, 0.2) is 0 Å². The number of rotatable bonds is 2. The Labute approximate surface area is 93.5 Å². The third-order valence-electron chi connectivity index (χ3n) is 3.25. The van der Waals surface area contributed by atoms with E-state index < -0.39 is 0 Å². The van der Waals surface area contributed by atoms with Crippen molar-refractivity contribution in [3.63, 3.8) is 0 Å². The van der Waals surface area contributed by atoms with E-state index in [9.17, 15) is 0 Å². The Morgan fingerprint density at radius 3 is 1.83 bits per heavy atom. The molecule has 1 saturated heterocycles. The lowest BCUT2D eigenvalue weighted by Gasteiger charge is -2.42. The summed E-state index contributed by atoms with van der Waals surface area (Å²) in [5.41, 5.74) is 0. The van der Waals surface area contributed by atoms with Crippen LogP contribution < -0.4 is 24.0 Å². The third-order valence-corrected chi connectivity index (χ3v) is 3.25. The van der Waals surface area contributed by atoms with Gasteiger partial charge in [-0.2, -0.15) is 0 Å². The lowest BCUT2D eigenvalue weighted by atomic mass is 10.2. The molecule has 0 radical (unpaired) electrons. The van der Waals surface area contributed by atoms with Crippen molar-refractivity contribution in [2.24, 2.45) is 0 Å². The van der Waals surface area contributed by atoms with Crippen LogP contribution in [-0.2, 0) is 0 Å². The van der Waals surface area contributed by atoms with Crippen molar-refractivity contribution in [3.05, 3.63) is 0 Å². The van der Waals surface area contributed by atoms with Crippen molar-refractivity contribution in [1.29, 1.82) is 0 Å². The molecule has 0 aromatic rings. The zero-order valence-corrected chi connectivity index (χ0v) is 10.7. The van der Waals surface area contributed by atoms with Crippen LogP contribution in [0.1, 0.15) is 13.8 Å². The van der Waals surface area contributed by atoms with Crippen LogP contribution in [-0.4, -0.2) is 55.7 Å². The van der Waals surface area contributed by atoms with Gasteiger partial charge in [-0.05, 0) is 20.9 Å². The van der Waals surface area contributed by atoms with Gasteiger partial charge in [-0.1, -0.05) is 0 Å². The van der Waals surface area contributed by atoms with Crippen molar-refractivity contribution in [2.45, 2.75) is 13.8 Å². The number of hydrogen-bond donors (Lipinski definition) is 0. The maximum Gasteiger partial charge on any atom is 0.0916 e. The molecule has 0 bridgehead atoms. The van der Waals surface area contributed by atoms with Gasteiger partial charge in [-0.3, -0.25) is 4.90 Å². The van der Waals surface area contributed by atoms with E-state index in [4.69, 9.17) is 0 Å². The fourth-order valence-electron chi connectivity index (χ4n) is 1.85. The van der Waals surface area contributed by atoms with Crippen LogP contribution in [0, 0.1) is 0 Å². The minimum absolute atomic E-state index is 0. The normalized spacial score (nSPS) is 23.2. The highest BCUT2D eigenvalue weighted by Gasteiger charge is 2.27. The molecular formula is C9H21IN2. The van der Waals surface area contributed by atoms with E-state index in [1.165, 1.54) is 43.8 Å². The van der Waals surface area contributed by atoms with Crippen LogP contribution in [0.3, 0.4) is 0 Å². The quantitative estimate of drug-likeness (QED) is 0.411. The predicted octanol–water partition coefficient (Wildman–Crippen LogP) is -2.21. The number of quaternary nitrogens is 1. The van der Waals surface area contributed by atoms with Gasteiger partial charge in [0.2, 0.25) is 0 Å². The van der Waals surface area contributed by atoms with Gasteiger partial charge in [0.25, 0.3) is 0 Å². The molecule has 1 fully saturated rings. The molecule has 0 aromatic heterocycles. The number of halogens is 1. The van der Waals surface area contributed by atoms with Gasteiger partial charge in [-0.15, -0.1) is 0 Å². The van der Waals surface area contributed by atoms with E-state index in [0.717, 1.165) is 0 Å². The van der Waals surface area contributed by atoms with Gasteiger partial charge in [-0.25, -0.2) is 0 Å². The summed E-state index contributed by atoms with van der Waals surface area (Å²) >= 11 is 0. The van der Waals surface area contributed by atoms with Gasteiger partial charge in [0, 0.05) is 13.1 Å². The molecule has 0 aromatic carbocycles. The van der Waals surface area contributed by atoms with Gasteiger partial charge < -0.3 is 28.5 Å². The Balaban J connectivity index is 0.00000121. The molecule has 0 atom stereocenters. The maximum absolute atomic E-state index is 2.43. The average Bonchev–Trinajstić information content (AvgIpc) is 2.07. The van der Waals surface area contributed by atoms with E-state index in [-0.39, 0.29) is 24.0 Å². The van der Waals surface area contributed by atoms with Crippen LogP contribution in [0.2, 0.25) is 0 Å². The average molecular weight is 284 g/mol. The molecule has 0 unspecified atom stereocenters. The zero-order chi connectivity index (χ0) is 8.32. The number of piperazine rings is 1. The second kappa shape index (κ2) is 5.40. The lowest BCUT2D eigenvalue weighted by molar-refractivity contribution is -0.928. The molecule has 1 aliphatic heterocycles. The first kappa shape index (κ1) is 12.7. The van der Waals surface area contributed by atoms with Gasteiger partial charge in [0.05, 0.1) is 26.2 Å². The Morgan fingerprint density at radius 1 is 1.08 bits per heavy atom. The fourth-order valence-corrected chi connectivity index (χ4v) is 1.85. The van der Waals surface area contributed by atoms with Crippen molar-refractivity contribution < 1.29 is 28.5 Å². The Bertz CT molecular complexity index is 114. The molecule has 3 heteroatoms. The van der Waals surface area contributed by atoms with E-state index in [0.29, 0.717) is 0 Å². The molecule has 0 spiro atoms. The SMILES string of the molecule is CC[N+]1(CC)CCN(C)CC1.[I-]. The van der Waals surface area contributed by atoms with Crippen LogP contribution in [0.5, 0.6) is 0 Å². The Morgan fingerprint density at radius 2 is 1.50 bits per heavy atom. The molecule has 1 rings (SSSR count). The van der Waals surface area contributed by atoms with Gasteiger partial charge in [0.1, 0.15) is 0 Å². The minimum Gasteiger partial charge on any atom is -1.00 e. The van der Waals surface area contributed by atoms with Crippen molar-refractivity contribution in [3.8, 4) is 0 Å². The van der Waals surface area contributed by atoms with E-state index >= 15 is 0 Å². The highest BCUT2D eigenvalue weighted by Crippen LogP contribution is 2.10. The number of likely N-dealkylation sites (N-methyl/N-ethyl adjacent to an activating group) is 2. The Hall–Kier alpha value is 0.650. The maximum atomic E-state index is 2.43. The molecule has 0 N–H and O–H groups in total. The fraction of sp³-hybridized carbons (Fsp3) is 1.00. The lowest BCUT2D eigenvalue weighted by Crippen LogP contribution is -3.00. The second-order valence-corrected chi connectivity index (χ2v) is 3.72. The highest BCUT2D eigenvalue weighted by molar-refractivity contribution is 4.58. The summed E-state index contributed by atoms with van der Waals surface area (Å²) in [6.07, 6.45) is 0. The summed E-state index contributed by atoms with van der Waals surface area (Å²) in [5, 5.41) is 0. The van der Waals surface area contributed by atoms with Gasteiger partial charge in [0.15, 0.2) is 0 Å². The first-order valence-corrected chi connectivity index (χ1v) is 4.76. The topological polar surface area (TPSA) is 3.24 Å². The number of hydrogen-bond acceptors (Lipinski definition) is 1. The standard InChI is InChI=1S/C9H21N2.HI/c1-4-11(5-2)8-6-10(3)7-9-11;/h4-9H2,1-3H3;1H/q+1;/p-1. The molecule has 0 saturated carbocycles. The second-order valence-electron chi connectivity index (χ2n) is 3.72. The van der Waals surface area contributed by atoms with E-state index in [1.807, 2.05) is 0 Å². The summed E-state index contributed by atoms with van der Waals surface area (Å²) < 4.78 is 1.34. The Kier molecular flexibility index (Phi) is 5.69. The molecular weight excluding hydrogens is 263 g/mol. The summed E-state index contributed by atoms with van der Waals surface area (Å²) in [6, 6.07) is 0. The minimum atomic E-state index is 0. The zero-order valence-electron chi connectivity index (χ0n) is 8.52. The van der Waals surface area contributed by atoms with Crippen LogP contribution in [0.25, 0.3) is 0 Å². The summed E-state index contributed by atoms with van der Waals surface area (Å²) in [5.74, 6) is 0. The molecule has 0 amide bonds. The molecule has 1 heterocycles. The monoisotopic (exact) mass is 284 g/mol. The molecule has 74 valence electrons. The molecule has 2 nitrogen and oxygen atoms in total. The number of nitrogens with zero attached hydrogens (tertiary/aromatic N) is 2. The van der Waals surface area contributed by atoms with Crippen molar-refractivity contribution >= 4 is 0 Å². The van der Waals surface area contributed by atoms with E-state index in [1.54, 1.807) is 0 Å². The highest BCUT2D eigenvalue weighted by atomic mass is 127. The first-order chi connectivity index (χ1) is 5.22. The van der Waals surface area contributed by atoms with Crippen molar-refractivity contribution in [2.75, 3.05) is 46.3 Å². The summed E-state index contributed by atoms with van der Waals surface area (Å²) in [4.78, 5) is 2.43. The van der Waals surface area contributed by atoms with Gasteiger partial charge >= 0.3 is 0 Å². The summed E-state index contributed by atoms with van der Waals surface area (Å²) in [7, 11) is 2.22. The third kappa shape index (κ3) is 2.85. The first-order valence-electron chi connectivity index (χ1n) is 4.76. The van der Waals surface area contributed by atoms with Crippen LogP contribution >= 0.6 is 0 Å². The predicted molar refractivity (Wildman–Crippen MR) is 48.6 cm³/mol. The molecule has 1 aliphatic rings. The van der Waals surface area contributed by atoms with Crippen LogP contribution in [0.4, 0.5) is 0 Å².